The standard InChI is InChI=1S/C20H18ClNO3/c1-22(20(23)18-9-8-17(25-3)12-19(18)21)15-6-4-14-11-16(24-2)7-5-13(14)10-15/h4-12H,1-3H3. The van der Waals surface area contributed by atoms with Crippen molar-refractivity contribution in [1.29, 1.82) is 0 Å². The molecule has 0 heterocycles. The molecule has 0 atom stereocenters. The zero-order chi connectivity index (χ0) is 18.0. The van der Waals surface area contributed by atoms with Gasteiger partial charge < -0.3 is 14.4 Å². The van der Waals surface area contributed by atoms with Crippen LogP contribution in [-0.2, 0) is 0 Å². The summed E-state index contributed by atoms with van der Waals surface area (Å²) in [6.45, 7) is 0. The van der Waals surface area contributed by atoms with Crippen LogP contribution in [0.3, 0.4) is 0 Å². The summed E-state index contributed by atoms with van der Waals surface area (Å²) in [4.78, 5) is 14.4. The summed E-state index contributed by atoms with van der Waals surface area (Å²) >= 11 is 6.22. The van der Waals surface area contributed by atoms with E-state index < -0.39 is 0 Å². The predicted molar refractivity (Wildman–Crippen MR) is 101 cm³/mol. The van der Waals surface area contributed by atoms with Crippen LogP contribution in [0.4, 0.5) is 5.69 Å². The molecule has 0 aromatic heterocycles. The number of hydrogen-bond acceptors (Lipinski definition) is 3. The third kappa shape index (κ3) is 3.39. The molecule has 0 aliphatic heterocycles. The summed E-state index contributed by atoms with van der Waals surface area (Å²) < 4.78 is 10.4. The number of ether oxygens (including phenoxy) is 2. The first-order chi connectivity index (χ1) is 12.0. The van der Waals surface area contributed by atoms with E-state index in [0.717, 1.165) is 22.2 Å². The highest BCUT2D eigenvalue weighted by atomic mass is 35.5. The SMILES string of the molecule is COc1ccc(C(=O)N(C)c2ccc3cc(OC)ccc3c2)c(Cl)c1. The molecule has 0 spiro atoms. The zero-order valence-corrected chi connectivity index (χ0v) is 15.0. The van der Waals surface area contributed by atoms with E-state index in [-0.39, 0.29) is 5.91 Å². The smallest absolute Gasteiger partial charge is 0.259 e. The average Bonchev–Trinajstić information content (AvgIpc) is 2.65. The highest BCUT2D eigenvalue weighted by Crippen LogP contribution is 2.28. The van der Waals surface area contributed by atoms with E-state index in [9.17, 15) is 4.79 Å². The number of fused-ring (bicyclic) bond motifs is 1. The van der Waals surface area contributed by atoms with Crippen LogP contribution < -0.4 is 14.4 Å². The maximum Gasteiger partial charge on any atom is 0.259 e. The van der Waals surface area contributed by atoms with Gasteiger partial charge in [-0.3, -0.25) is 4.79 Å². The Morgan fingerprint density at radius 1 is 0.880 bits per heavy atom. The Labute approximate surface area is 151 Å². The Morgan fingerprint density at radius 2 is 1.48 bits per heavy atom. The molecule has 128 valence electrons. The molecule has 0 saturated carbocycles. The van der Waals surface area contributed by atoms with E-state index in [1.54, 1.807) is 44.4 Å². The lowest BCUT2D eigenvalue weighted by Gasteiger charge is -2.19. The van der Waals surface area contributed by atoms with Gasteiger partial charge in [-0.2, -0.15) is 0 Å². The number of amides is 1. The Kier molecular flexibility index (Phi) is 4.81. The normalized spacial score (nSPS) is 10.6. The van der Waals surface area contributed by atoms with E-state index in [4.69, 9.17) is 21.1 Å². The van der Waals surface area contributed by atoms with Crippen LogP contribution in [0, 0.1) is 0 Å². The molecule has 0 radical (unpaired) electrons. The van der Waals surface area contributed by atoms with Crippen molar-refractivity contribution in [2.24, 2.45) is 0 Å². The lowest BCUT2D eigenvalue weighted by Crippen LogP contribution is -2.26. The van der Waals surface area contributed by atoms with E-state index in [1.807, 2.05) is 36.4 Å². The largest absolute Gasteiger partial charge is 0.497 e. The molecule has 0 aliphatic carbocycles. The molecule has 3 aromatic rings. The number of hydrogen-bond donors (Lipinski definition) is 0. The van der Waals surface area contributed by atoms with Gasteiger partial charge in [0.15, 0.2) is 0 Å². The molecule has 0 fully saturated rings. The fraction of sp³-hybridized carbons (Fsp3) is 0.150. The molecule has 0 bridgehead atoms. The molecule has 0 saturated heterocycles. The van der Waals surface area contributed by atoms with Gasteiger partial charge in [0, 0.05) is 12.7 Å². The van der Waals surface area contributed by atoms with Gasteiger partial charge in [-0.25, -0.2) is 0 Å². The molecule has 25 heavy (non-hydrogen) atoms. The maximum absolute atomic E-state index is 12.8. The van der Waals surface area contributed by atoms with Crippen LogP contribution in [0.25, 0.3) is 10.8 Å². The van der Waals surface area contributed by atoms with E-state index in [0.29, 0.717) is 16.3 Å². The van der Waals surface area contributed by atoms with Crippen LogP contribution in [0.1, 0.15) is 10.4 Å². The minimum Gasteiger partial charge on any atom is -0.497 e. The molecular formula is C20H18ClNO3. The van der Waals surface area contributed by atoms with Crippen molar-refractivity contribution in [3.05, 3.63) is 65.2 Å². The summed E-state index contributed by atoms with van der Waals surface area (Å²) in [5, 5.41) is 2.44. The van der Waals surface area contributed by atoms with Crippen molar-refractivity contribution in [2.75, 3.05) is 26.2 Å². The van der Waals surface area contributed by atoms with E-state index in [1.165, 1.54) is 0 Å². The van der Waals surface area contributed by atoms with Crippen molar-refractivity contribution in [3.63, 3.8) is 0 Å². The van der Waals surface area contributed by atoms with Crippen molar-refractivity contribution in [3.8, 4) is 11.5 Å². The summed E-state index contributed by atoms with van der Waals surface area (Å²) in [7, 11) is 4.93. The Morgan fingerprint density at radius 3 is 2.16 bits per heavy atom. The Balaban J connectivity index is 1.93. The first-order valence-electron chi connectivity index (χ1n) is 7.73. The summed E-state index contributed by atoms with van der Waals surface area (Å²) in [5.41, 5.74) is 1.22. The highest BCUT2D eigenvalue weighted by molar-refractivity contribution is 6.34. The van der Waals surface area contributed by atoms with Crippen LogP contribution in [0.2, 0.25) is 5.02 Å². The molecule has 3 rings (SSSR count). The van der Waals surface area contributed by atoms with Crippen LogP contribution in [-0.4, -0.2) is 27.2 Å². The van der Waals surface area contributed by atoms with Crippen molar-refractivity contribution >= 4 is 34.0 Å². The Bertz CT molecular complexity index is 939. The number of anilines is 1. The van der Waals surface area contributed by atoms with Crippen LogP contribution in [0.5, 0.6) is 11.5 Å². The van der Waals surface area contributed by atoms with Gasteiger partial charge in [-0.05, 0) is 53.2 Å². The number of rotatable bonds is 4. The molecule has 1 amide bonds. The third-order valence-electron chi connectivity index (χ3n) is 4.13. The fourth-order valence-corrected chi connectivity index (χ4v) is 2.89. The second-order valence-electron chi connectivity index (χ2n) is 5.61. The van der Waals surface area contributed by atoms with Crippen molar-refractivity contribution in [1.82, 2.24) is 0 Å². The molecular weight excluding hydrogens is 338 g/mol. The quantitative estimate of drug-likeness (QED) is 0.675. The number of carbonyl (C=O) groups is 1. The molecule has 0 N–H and O–H groups in total. The zero-order valence-electron chi connectivity index (χ0n) is 14.2. The molecule has 0 aliphatic rings. The topological polar surface area (TPSA) is 38.8 Å². The summed E-state index contributed by atoms with van der Waals surface area (Å²) in [6, 6.07) is 16.7. The van der Waals surface area contributed by atoms with Crippen molar-refractivity contribution in [2.45, 2.75) is 0 Å². The maximum atomic E-state index is 12.8. The fourth-order valence-electron chi connectivity index (χ4n) is 2.64. The van der Waals surface area contributed by atoms with Crippen molar-refractivity contribution < 1.29 is 14.3 Å². The van der Waals surface area contributed by atoms with Gasteiger partial charge in [0.1, 0.15) is 11.5 Å². The lowest BCUT2D eigenvalue weighted by molar-refractivity contribution is 0.0993. The minimum absolute atomic E-state index is 0.180. The molecule has 5 heteroatoms. The number of methoxy groups -OCH3 is 2. The number of benzene rings is 3. The minimum atomic E-state index is -0.180. The van der Waals surface area contributed by atoms with Crippen LogP contribution in [0.15, 0.2) is 54.6 Å². The van der Waals surface area contributed by atoms with Crippen LogP contribution >= 0.6 is 11.6 Å². The van der Waals surface area contributed by atoms with Gasteiger partial charge in [-0.1, -0.05) is 23.7 Å². The van der Waals surface area contributed by atoms with Gasteiger partial charge in [0.2, 0.25) is 0 Å². The Hall–Kier alpha value is -2.72. The summed E-state index contributed by atoms with van der Waals surface area (Å²) in [6.07, 6.45) is 0. The predicted octanol–water partition coefficient (Wildman–Crippen LogP) is 4.79. The highest BCUT2D eigenvalue weighted by Gasteiger charge is 2.17. The third-order valence-corrected chi connectivity index (χ3v) is 4.44. The van der Waals surface area contributed by atoms with Gasteiger partial charge in [0.25, 0.3) is 5.91 Å². The second-order valence-corrected chi connectivity index (χ2v) is 6.01. The van der Waals surface area contributed by atoms with E-state index >= 15 is 0 Å². The van der Waals surface area contributed by atoms with Gasteiger partial charge in [-0.15, -0.1) is 0 Å². The number of carbonyl (C=O) groups excluding carboxylic acids is 1. The summed E-state index contributed by atoms with van der Waals surface area (Å²) in [5.74, 6) is 1.24. The second kappa shape index (κ2) is 7.03. The molecule has 4 nitrogen and oxygen atoms in total. The average molecular weight is 356 g/mol. The lowest BCUT2D eigenvalue weighted by atomic mass is 10.1. The first-order valence-corrected chi connectivity index (χ1v) is 8.10. The monoisotopic (exact) mass is 355 g/mol. The van der Waals surface area contributed by atoms with Gasteiger partial charge in [0.05, 0.1) is 24.8 Å². The number of halogens is 1. The number of nitrogens with zero attached hydrogens (tertiary/aromatic N) is 1. The molecule has 3 aromatic carbocycles. The first kappa shape index (κ1) is 17.1. The van der Waals surface area contributed by atoms with E-state index in [2.05, 4.69) is 0 Å². The van der Waals surface area contributed by atoms with Gasteiger partial charge >= 0.3 is 0 Å². The molecule has 0 unspecified atom stereocenters.